The minimum Gasteiger partial charge on any atom is -0.496 e. The van der Waals surface area contributed by atoms with Gasteiger partial charge in [0, 0.05) is 47.6 Å². The maximum absolute atomic E-state index is 12.3. The van der Waals surface area contributed by atoms with Crippen molar-refractivity contribution in [1.82, 2.24) is 4.90 Å². The molecule has 0 bridgehead atoms. The van der Waals surface area contributed by atoms with Crippen molar-refractivity contribution < 1.29 is 14.3 Å². The van der Waals surface area contributed by atoms with Gasteiger partial charge in [0.2, 0.25) is 5.91 Å². The van der Waals surface area contributed by atoms with E-state index in [2.05, 4.69) is 0 Å². The maximum Gasteiger partial charge on any atom is 0.223 e. The highest BCUT2D eigenvalue weighted by Crippen LogP contribution is 2.24. The number of hydrogen-bond acceptors (Lipinski definition) is 3. The van der Waals surface area contributed by atoms with E-state index >= 15 is 0 Å². The molecule has 2 rings (SSSR count). The molecule has 0 aromatic heterocycles. The molecule has 2 aromatic rings. The Balaban J connectivity index is 1.93. The Hall–Kier alpha value is -2.04. The number of ketones is 1. The molecule has 2 aromatic carbocycles. The van der Waals surface area contributed by atoms with Crippen molar-refractivity contribution in [2.24, 2.45) is 0 Å². The zero-order valence-corrected chi connectivity index (χ0v) is 15.6. The summed E-state index contributed by atoms with van der Waals surface area (Å²) in [5.74, 6) is 0.462. The third kappa shape index (κ3) is 5.48. The standard InChI is InChI=1S/C19H19Cl2NO3/c1-22(12-14-11-16(21)7-9-18(14)25-2)19(24)10-8-17(23)13-3-5-15(20)6-4-13/h3-7,9,11H,8,10,12H2,1-2H3. The third-order valence-electron chi connectivity index (χ3n) is 3.81. The number of nitrogens with zero attached hydrogens (tertiary/aromatic N) is 1. The van der Waals surface area contributed by atoms with Crippen molar-refractivity contribution in [2.45, 2.75) is 19.4 Å². The SMILES string of the molecule is COc1ccc(Cl)cc1CN(C)C(=O)CCC(=O)c1ccc(Cl)cc1. The summed E-state index contributed by atoms with van der Waals surface area (Å²) < 4.78 is 5.29. The van der Waals surface area contributed by atoms with Crippen molar-refractivity contribution >= 4 is 34.9 Å². The lowest BCUT2D eigenvalue weighted by molar-refractivity contribution is -0.130. The van der Waals surface area contributed by atoms with E-state index in [0.717, 1.165) is 5.56 Å². The van der Waals surface area contributed by atoms with E-state index in [1.807, 2.05) is 0 Å². The quantitative estimate of drug-likeness (QED) is 0.659. The van der Waals surface area contributed by atoms with E-state index in [1.54, 1.807) is 61.5 Å². The molecule has 1 amide bonds. The number of amides is 1. The summed E-state index contributed by atoms with van der Waals surface area (Å²) >= 11 is 11.8. The fourth-order valence-corrected chi connectivity index (χ4v) is 2.73. The average molecular weight is 380 g/mol. The van der Waals surface area contributed by atoms with E-state index in [9.17, 15) is 9.59 Å². The molecule has 0 N–H and O–H groups in total. The van der Waals surface area contributed by atoms with Crippen LogP contribution in [0, 0.1) is 0 Å². The molecule has 0 radical (unpaired) electrons. The third-order valence-corrected chi connectivity index (χ3v) is 4.29. The molecule has 0 fully saturated rings. The monoisotopic (exact) mass is 379 g/mol. The van der Waals surface area contributed by atoms with Crippen LogP contribution in [0.2, 0.25) is 10.0 Å². The molecule has 0 aliphatic carbocycles. The largest absolute Gasteiger partial charge is 0.496 e. The molecule has 0 heterocycles. The number of Topliss-reactive ketones (excluding diaryl/α,β-unsaturated/α-hetero) is 1. The number of ether oxygens (including phenoxy) is 1. The minimum absolute atomic E-state index is 0.0845. The molecule has 132 valence electrons. The molecule has 0 saturated heterocycles. The zero-order chi connectivity index (χ0) is 18.4. The van der Waals surface area contributed by atoms with E-state index in [1.165, 1.54) is 0 Å². The van der Waals surface area contributed by atoms with Crippen LogP contribution in [0.4, 0.5) is 0 Å². The Morgan fingerprint density at radius 2 is 1.64 bits per heavy atom. The van der Waals surface area contributed by atoms with Gasteiger partial charge in [-0.25, -0.2) is 0 Å². The molecule has 4 nitrogen and oxygen atoms in total. The van der Waals surface area contributed by atoms with Crippen LogP contribution in [0.5, 0.6) is 5.75 Å². The molecule has 0 atom stereocenters. The summed E-state index contributed by atoms with van der Waals surface area (Å²) in [6.07, 6.45) is 0.290. The van der Waals surface area contributed by atoms with Gasteiger partial charge in [-0.1, -0.05) is 23.2 Å². The second-order valence-corrected chi connectivity index (χ2v) is 6.51. The van der Waals surface area contributed by atoms with E-state index in [0.29, 0.717) is 27.9 Å². The van der Waals surface area contributed by atoms with Crippen molar-refractivity contribution in [2.75, 3.05) is 14.2 Å². The van der Waals surface area contributed by atoms with Crippen LogP contribution in [0.3, 0.4) is 0 Å². The van der Waals surface area contributed by atoms with Crippen LogP contribution in [0.15, 0.2) is 42.5 Å². The van der Waals surface area contributed by atoms with Gasteiger partial charge in [-0.3, -0.25) is 9.59 Å². The molecular formula is C19H19Cl2NO3. The summed E-state index contributed by atoms with van der Waals surface area (Å²) in [5.41, 5.74) is 1.37. The van der Waals surface area contributed by atoms with E-state index in [4.69, 9.17) is 27.9 Å². The van der Waals surface area contributed by atoms with Gasteiger partial charge in [-0.05, 0) is 42.5 Å². The summed E-state index contributed by atoms with van der Waals surface area (Å²) in [6.45, 7) is 0.359. The van der Waals surface area contributed by atoms with Crippen molar-refractivity contribution in [3.8, 4) is 5.75 Å². The number of benzene rings is 2. The number of carbonyl (C=O) groups excluding carboxylic acids is 2. The predicted octanol–water partition coefficient (Wildman–Crippen LogP) is 4.62. The number of rotatable bonds is 7. The van der Waals surface area contributed by atoms with Gasteiger partial charge in [-0.2, -0.15) is 0 Å². The van der Waals surface area contributed by atoms with Gasteiger partial charge >= 0.3 is 0 Å². The highest BCUT2D eigenvalue weighted by molar-refractivity contribution is 6.31. The van der Waals surface area contributed by atoms with Gasteiger partial charge in [0.25, 0.3) is 0 Å². The Kier molecular flexibility index (Phi) is 6.85. The first-order chi connectivity index (χ1) is 11.9. The maximum atomic E-state index is 12.3. The van der Waals surface area contributed by atoms with Gasteiger partial charge in [0.15, 0.2) is 5.78 Å². The van der Waals surface area contributed by atoms with Gasteiger partial charge in [0.1, 0.15) is 5.75 Å². The highest BCUT2D eigenvalue weighted by Gasteiger charge is 2.15. The fourth-order valence-electron chi connectivity index (χ4n) is 2.41. The fraction of sp³-hybridized carbons (Fsp3) is 0.263. The normalized spacial score (nSPS) is 10.4. The molecular weight excluding hydrogens is 361 g/mol. The first kappa shape index (κ1) is 19.3. The molecule has 0 saturated carbocycles. The molecule has 6 heteroatoms. The molecule has 25 heavy (non-hydrogen) atoms. The summed E-state index contributed by atoms with van der Waals surface area (Å²) in [4.78, 5) is 26.0. The van der Waals surface area contributed by atoms with Crippen LogP contribution in [0.25, 0.3) is 0 Å². The van der Waals surface area contributed by atoms with Crippen LogP contribution in [0.1, 0.15) is 28.8 Å². The van der Waals surface area contributed by atoms with Gasteiger partial charge in [0.05, 0.1) is 7.11 Å². The van der Waals surface area contributed by atoms with Crippen molar-refractivity contribution in [1.29, 1.82) is 0 Å². The predicted molar refractivity (Wildman–Crippen MR) is 99.5 cm³/mol. The van der Waals surface area contributed by atoms with Crippen molar-refractivity contribution in [3.63, 3.8) is 0 Å². The smallest absolute Gasteiger partial charge is 0.223 e. The number of halogens is 2. The first-order valence-electron chi connectivity index (χ1n) is 7.76. The Labute approximate surface area is 157 Å². The van der Waals surface area contributed by atoms with Crippen LogP contribution >= 0.6 is 23.2 Å². The highest BCUT2D eigenvalue weighted by atomic mass is 35.5. The molecule has 0 unspecified atom stereocenters. The van der Waals surface area contributed by atoms with E-state index in [-0.39, 0.29) is 24.5 Å². The molecule has 0 aliphatic rings. The lowest BCUT2D eigenvalue weighted by Crippen LogP contribution is -2.26. The number of hydrogen-bond donors (Lipinski definition) is 0. The summed E-state index contributed by atoms with van der Waals surface area (Å²) in [5, 5.41) is 1.15. The van der Waals surface area contributed by atoms with Crippen LogP contribution in [-0.2, 0) is 11.3 Å². The topological polar surface area (TPSA) is 46.6 Å². The number of methoxy groups -OCH3 is 1. The second kappa shape index (κ2) is 8.88. The van der Waals surface area contributed by atoms with Gasteiger partial charge < -0.3 is 9.64 Å². The number of carbonyl (C=O) groups is 2. The molecule has 0 aliphatic heterocycles. The lowest BCUT2D eigenvalue weighted by atomic mass is 10.1. The van der Waals surface area contributed by atoms with Crippen LogP contribution < -0.4 is 4.74 Å². The van der Waals surface area contributed by atoms with Crippen LogP contribution in [-0.4, -0.2) is 30.7 Å². The van der Waals surface area contributed by atoms with E-state index < -0.39 is 0 Å². The minimum atomic E-state index is -0.121. The first-order valence-corrected chi connectivity index (χ1v) is 8.51. The summed E-state index contributed by atoms with van der Waals surface area (Å²) in [6, 6.07) is 11.9. The Morgan fingerprint density at radius 1 is 1.00 bits per heavy atom. The molecule has 0 spiro atoms. The summed E-state index contributed by atoms with van der Waals surface area (Å²) in [7, 11) is 3.26. The van der Waals surface area contributed by atoms with Crippen molar-refractivity contribution in [3.05, 3.63) is 63.6 Å². The zero-order valence-electron chi connectivity index (χ0n) is 14.1. The Bertz CT molecular complexity index is 760. The van der Waals surface area contributed by atoms with Gasteiger partial charge in [-0.15, -0.1) is 0 Å². The average Bonchev–Trinajstić information content (AvgIpc) is 2.60. The lowest BCUT2D eigenvalue weighted by Gasteiger charge is -2.19. The Morgan fingerprint density at radius 3 is 2.28 bits per heavy atom. The second-order valence-electron chi connectivity index (χ2n) is 5.64.